The minimum atomic E-state index is -0.907. The fourth-order valence-corrected chi connectivity index (χ4v) is 4.15. The van der Waals surface area contributed by atoms with Gasteiger partial charge in [0.1, 0.15) is 6.04 Å². The van der Waals surface area contributed by atoms with Gasteiger partial charge in [-0.15, -0.1) is 23.1 Å². The molecule has 1 aromatic heterocycles. The maximum absolute atomic E-state index is 12.6. The summed E-state index contributed by atoms with van der Waals surface area (Å²) in [5.74, 6) is 0.0532. The zero-order chi connectivity index (χ0) is 14.1. The monoisotopic (exact) mass is 312 g/mol. The summed E-state index contributed by atoms with van der Waals surface area (Å²) >= 11 is 3.13. The molecule has 0 bridgehead atoms. The van der Waals surface area contributed by atoms with E-state index in [4.69, 9.17) is 0 Å². The lowest BCUT2D eigenvalue weighted by Gasteiger charge is -2.29. The predicted octanol–water partition coefficient (Wildman–Crippen LogP) is 2.29. The Bertz CT molecular complexity index is 502. The number of urea groups is 1. The number of amides is 2. The third-order valence-electron chi connectivity index (χ3n) is 3.55. The van der Waals surface area contributed by atoms with E-state index < -0.39 is 12.0 Å². The van der Waals surface area contributed by atoms with E-state index in [0.717, 1.165) is 17.7 Å². The van der Waals surface area contributed by atoms with Gasteiger partial charge in [0, 0.05) is 16.7 Å². The highest BCUT2D eigenvalue weighted by molar-refractivity contribution is 7.99. The number of hydrogen-bond acceptors (Lipinski definition) is 4. The average Bonchev–Trinajstić information content (AvgIpc) is 2.95. The quantitative estimate of drug-likeness (QED) is 0.926. The van der Waals surface area contributed by atoms with Crippen LogP contribution < -0.4 is 0 Å². The molecular weight excluding hydrogens is 296 g/mol. The van der Waals surface area contributed by atoms with Crippen LogP contribution in [0.3, 0.4) is 0 Å². The van der Waals surface area contributed by atoms with Crippen LogP contribution in [0.25, 0.3) is 0 Å². The molecule has 1 N–H and O–H groups in total. The Hall–Kier alpha value is -1.21. The normalized spacial score (nSPS) is 22.0. The lowest BCUT2D eigenvalue weighted by molar-refractivity contribution is -0.141. The van der Waals surface area contributed by atoms with Crippen LogP contribution in [-0.4, -0.2) is 50.6 Å². The molecule has 2 heterocycles. The summed E-state index contributed by atoms with van der Waals surface area (Å²) in [5, 5.41) is 11.2. The van der Waals surface area contributed by atoms with Crippen LogP contribution in [0.1, 0.15) is 17.7 Å². The van der Waals surface area contributed by atoms with E-state index in [2.05, 4.69) is 0 Å². The first-order valence-corrected chi connectivity index (χ1v) is 8.60. The van der Waals surface area contributed by atoms with Crippen molar-refractivity contribution in [1.29, 1.82) is 0 Å². The van der Waals surface area contributed by atoms with Gasteiger partial charge in [-0.1, -0.05) is 6.07 Å². The van der Waals surface area contributed by atoms with Gasteiger partial charge in [-0.3, -0.25) is 0 Å². The molecule has 2 amide bonds. The van der Waals surface area contributed by atoms with Gasteiger partial charge < -0.3 is 14.9 Å². The molecular formula is C13H16N2O3S2. The zero-order valence-electron chi connectivity index (χ0n) is 10.9. The largest absolute Gasteiger partial charge is 0.480 e. The molecule has 7 heteroatoms. The minimum Gasteiger partial charge on any atom is -0.480 e. The molecule has 1 aliphatic heterocycles. The smallest absolute Gasteiger partial charge is 0.327 e. The minimum absolute atomic E-state index is 0.127. The molecule has 20 heavy (non-hydrogen) atoms. The molecule has 1 atom stereocenters. The van der Waals surface area contributed by atoms with Gasteiger partial charge in [-0.25, -0.2) is 9.59 Å². The molecule has 1 saturated heterocycles. The first kappa shape index (κ1) is 13.8. The molecule has 2 aliphatic rings. The lowest BCUT2D eigenvalue weighted by Crippen LogP contribution is -2.49. The molecule has 3 rings (SSSR count). The number of carboxylic acids is 1. The molecule has 0 spiro atoms. The van der Waals surface area contributed by atoms with E-state index in [1.54, 1.807) is 11.3 Å². The summed E-state index contributed by atoms with van der Waals surface area (Å²) < 4.78 is 0. The van der Waals surface area contributed by atoms with Crippen LogP contribution in [0.4, 0.5) is 4.79 Å². The second-order valence-electron chi connectivity index (χ2n) is 5.04. The standard InChI is InChI=1S/C13H16N2O3S2/c16-12(17)11-7-19-8-15(11)13(18)14(9-3-4-9)6-10-2-1-5-20-10/h1-2,5,9,11H,3-4,6-8H2,(H,16,17). The number of rotatable bonds is 4. The van der Waals surface area contributed by atoms with Crippen LogP contribution in [0.15, 0.2) is 17.5 Å². The van der Waals surface area contributed by atoms with E-state index in [1.165, 1.54) is 16.7 Å². The maximum Gasteiger partial charge on any atom is 0.327 e. The maximum atomic E-state index is 12.6. The Morgan fingerprint density at radius 1 is 1.45 bits per heavy atom. The summed E-state index contributed by atoms with van der Waals surface area (Å²) in [6.45, 7) is 0.592. The van der Waals surface area contributed by atoms with Crippen LogP contribution in [0.2, 0.25) is 0 Å². The molecule has 108 valence electrons. The highest BCUT2D eigenvalue weighted by Gasteiger charge is 2.41. The van der Waals surface area contributed by atoms with E-state index in [0.29, 0.717) is 18.2 Å². The third kappa shape index (κ3) is 2.78. The second-order valence-corrected chi connectivity index (χ2v) is 7.08. The second kappa shape index (κ2) is 5.65. The first-order valence-electron chi connectivity index (χ1n) is 6.57. The SMILES string of the molecule is O=C(O)C1CSCN1C(=O)N(Cc1cccs1)C1CC1. The molecule has 1 aromatic rings. The van der Waals surface area contributed by atoms with Gasteiger partial charge in [0.2, 0.25) is 0 Å². The lowest BCUT2D eigenvalue weighted by atomic mass is 10.3. The topological polar surface area (TPSA) is 60.9 Å². The Morgan fingerprint density at radius 3 is 2.85 bits per heavy atom. The molecule has 5 nitrogen and oxygen atoms in total. The van der Waals surface area contributed by atoms with Crippen LogP contribution in [0.5, 0.6) is 0 Å². The Morgan fingerprint density at radius 2 is 2.25 bits per heavy atom. The molecule has 1 unspecified atom stereocenters. The van der Waals surface area contributed by atoms with Gasteiger partial charge in [-0.05, 0) is 24.3 Å². The fourth-order valence-electron chi connectivity index (χ4n) is 2.31. The molecule has 1 saturated carbocycles. The highest BCUT2D eigenvalue weighted by Crippen LogP contribution is 2.32. The van der Waals surface area contributed by atoms with Crippen molar-refractivity contribution in [3.8, 4) is 0 Å². The van der Waals surface area contributed by atoms with E-state index in [9.17, 15) is 14.7 Å². The number of thioether (sulfide) groups is 1. The summed E-state index contributed by atoms with van der Waals surface area (Å²) in [4.78, 5) is 28.3. The van der Waals surface area contributed by atoms with Crippen molar-refractivity contribution < 1.29 is 14.7 Å². The summed E-state index contributed by atoms with van der Waals surface area (Å²) in [7, 11) is 0. The fraction of sp³-hybridized carbons (Fsp3) is 0.538. The number of hydrogen-bond donors (Lipinski definition) is 1. The predicted molar refractivity (Wildman–Crippen MR) is 78.9 cm³/mol. The summed E-state index contributed by atoms with van der Waals surface area (Å²) in [6, 6.07) is 3.46. The highest BCUT2D eigenvalue weighted by atomic mass is 32.2. The Kier molecular flexibility index (Phi) is 3.89. The van der Waals surface area contributed by atoms with E-state index >= 15 is 0 Å². The average molecular weight is 312 g/mol. The number of carbonyl (C=O) groups excluding carboxylic acids is 1. The van der Waals surface area contributed by atoms with Crippen LogP contribution >= 0.6 is 23.1 Å². The van der Waals surface area contributed by atoms with E-state index in [1.807, 2.05) is 22.4 Å². The van der Waals surface area contributed by atoms with E-state index in [-0.39, 0.29) is 12.1 Å². The molecule has 1 aliphatic carbocycles. The first-order chi connectivity index (χ1) is 9.66. The summed E-state index contributed by atoms with van der Waals surface area (Å²) in [5.41, 5.74) is 0. The van der Waals surface area contributed by atoms with Crippen LogP contribution in [0, 0.1) is 0 Å². The number of carboxylic acid groups (broad SMARTS) is 1. The molecule has 2 fully saturated rings. The molecule has 0 radical (unpaired) electrons. The zero-order valence-corrected chi connectivity index (χ0v) is 12.5. The third-order valence-corrected chi connectivity index (χ3v) is 5.43. The van der Waals surface area contributed by atoms with Crippen molar-refractivity contribution in [1.82, 2.24) is 9.80 Å². The number of nitrogens with zero attached hydrogens (tertiary/aromatic N) is 2. The molecule has 0 aromatic carbocycles. The Labute approximate surface area is 125 Å². The van der Waals surface area contributed by atoms with Gasteiger partial charge in [0.15, 0.2) is 0 Å². The van der Waals surface area contributed by atoms with Gasteiger partial charge in [-0.2, -0.15) is 0 Å². The van der Waals surface area contributed by atoms with Crippen molar-refractivity contribution in [2.75, 3.05) is 11.6 Å². The van der Waals surface area contributed by atoms with Gasteiger partial charge >= 0.3 is 12.0 Å². The van der Waals surface area contributed by atoms with Crippen molar-refractivity contribution >= 4 is 35.1 Å². The van der Waals surface area contributed by atoms with Crippen molar-refractivity contribution in [3.63, 3.8) is 0 Å². The van der Waals surface area contributed by atoms with Crippen molar-refractivity contribution in [2.45, 2.75) is 31.5 Å². The number of carbonyl (C=O) groups is 2. The Balaban J connectivity index is 1.73. The summed E-state index contributed by atoms with van der Waals surface area (Å²) in [6.07, 6.45) is 2.05. The van der Waals surface area contributed by atoms with Crippen molar-refractivity contribution in [2.24, 2.45) is 0 Å². The van der Waals surface area contributed by atoms with Crippen LogP contribution in [-0.2, 0) is 11.3 Å². The van der Waals surface area contributed by atoms with Gasteiger partial charge in [0.05, 0.1) is 12.4 Å². The van der Waals surface area contributed by atoms with Crippen molar-refractivity contribution in [3.05, 3.63) is 22.4 Å². The van der Waals surface area contributed by atoms with Gasteiger partial charge in [0.25, 0.3) is 0 Å². The number of aliphatic carboxylic acids is 1. The number of thiophene rings is 1.